The van der Waals surface area contributed by atoms with Gasteiger partial charge in [-0.2, -0.15) is 0 Å². The average Bonchev–Trinajstić information content (AvgIpc) is 3.03. The van der Waals surface area contributed by atoms with Crippen molar-refractivity contribution in [2.24, 2.45) is 33.5 Å². The van der Waals surface area contributed by atoms with E-state index in [4.69, 9.17) is 15.7 Å². The Balaban J connectivity index is 1.38. The van der Waals surface area contributed by atoms with Crippen LogP contribution in [0.5, 0.6) is 0 Å². The van der Waals surface area contributed by atoms with Crippen LogP contribution in [-0.4, -0.2) is 40.6 Å². The summed E-state index contributed by atoms with van der Waals surface area (Å²) in [4.78, 5) is 28.5. The largest absolute Gasteiger partial charge is 0.369 e. The van der Waals surface area contributed by atoms with Gasteiger partial charge in [0.15, 0.2) is 5.96 Å². The molecule has 1 unspecified atom stereocenters. The first-order valence-electron chi connectivity index (χ1n) is 12.6. The number of guanidine groups is 1. The van der Waals surface area contributed by atoms with Crippen LogP contribution in [0, 0.1) is 17.8 Å². The van der Waals surface area contributed by atoms with E-state index in [9.17, 15) is 4.79 Å². The maximum Gasteiger partial charge on any atom is 0.257 e. The average molecular weight is 438 g/mol. The predicted molar refractivity (Wildman–Crippen MR) is 129 cm³/mol. The number of rotatable bonds is 8. The van der Waals surface area contributed by atoms with Gasteiger partial charge in [0.1, 0.15) is 5.54 Å². The molecule has 0 saturated heterocycles. The van der Waals surface area contributed by atoms with E-state index in [-0.39, 0.29) is 5.91 Å². The van der Waals surface area contributed by atoms with Gasteiger partial charge in [0.2, 0.25) is 0 Å². The monoisotopic (exact) mass is 437 g/mol. The lowest BCUT2D eigenvalue weighted by atomic mass is 9.73. The summed E-state index contributed by atoms with van der Waals surface area (Å²) in [5, 5.41) is 0. The molecule has 3 atom stereocenters. The van der Waals surface area contributed by atoms with Crippen LogP contribution in [0.15, 0.2) is 34.5 Å². The van der Waals surface area contributed by atoms with Gasteiger partial charge in [0, 0.05) is 25.7 Å². The van der Waals surface area contributed by atoms with Gasteiger partial charge in [0.05, 0.1) is 6.54 Å². The van der Waals surface area contributed by atoms with Gasteiger partial charge in [-0.05, 0) is 67.6 Å². The molecule has 4 rings (SSSR count). The lowest BCUT2D eigenvalue weighted by molar-refractivity contribution is -0.131. The van der Waals surface area contributed by atoms with Crippen molar-refractivity contribution in [1.82, 2.24) is 9.88 Å². The summed E-state index contributed by atoms with van der Waals surface area (Å²) in [5.74, 6) is 2.24. The normalized spacial score (nSPS) is 29.6. The highest BCUT2D eigenvalue weighted by Crippen LogP contribution is 2.41. The summed E-state index contributed by atoms with van der Waals surface area (Å²) in [6.07, 6.45) is 19.8. The van der Waals surface area contributed by atoms with Gasteiger partial charge in [-0.25, -0.2) is 4.99 Å². The molecule has 1 aromatic rings. The summed E-state index contributed by atoms with van der Waals surface area (Å²) in [6.45, 7) is 0.707. The first kappa shape index (κ1) is 22.9. The molecule has 2 saturated carbocycles. The topological polar surface area (TPSA) is 83.9 Å². The Morgan fingerprint density at radius 3 is 2.59 bits per heavy atom. The van der Waals surface area contributed by atoms with Crippen molar-refractivity contribution in [3.05, 3.63) is 30.1 Å². The van der Waals surface area contributed by atoms with Gasteiger partial charge < -0.3 is 5.73 Å². The van der Waals surface area contributed by atoms with Crippen molar-refractivity contribution in [3.63, 3.8) is 0 Å². The number of hydrogen-bond acceptors (Lipinski definition) is 5. The first-order valence-corrected chi connectivity index (χ1v) is 12.6. The fraction of sp³-hybridized carbons (Fsp3) is 0.692. The van der Waals surface area contributed by atoms with Crippen LogP contribution in [0.4, 0.5) is 0 Å². The fourth-order valence-corrected chi connectivity index (χ4v) is 6.00. The van der Waals surface area contributed by atoms with Crippen LogP contribution in [0.25, 0.3) is 0 Å². The number of nitrogens with two attached hydrogens (primary N) is 1. The molecule has 0 spiro atoms. The van der Waals surface area contributed by atoms with E-state index >= 15 is 0 Å². The maximum atomic E-state index is 13.3. The molecule has 32 heavy (non-hydrogen) atoms. The Morgan fingerprint density at radius 2 is 1.88 bits per heavy atom. The molecular formula is C26H39N5O. The molecule has 0 aromatic carbocycles. The molecule has 2 N–H and O–H groups in total. The van der Waals surface area contributed by atoms with E-state index in [0.717, 1.165) is 31.6 Å². The van der Waals surface area contributed by atoms with E-state index in [2.05, 4.69) is 11.2 Å². The minimum Gasteiger partial charge on any atom is -0.369 e. The number of nitrogens with zero attached hydrogens (tertiary/aromatic N) is 4. The molecule has 174 valence electrons. The molecule has 3 aliphatic rings. The highest BCUT2D eigenvalue weighted by Gasteiger charge is 2.47. The predicted octanol–water partition coefficient (Wildman–Crippen LogP) is 4.73. The van der Waals surface area contributed by atoms with Crippen molar-refractivity contribution in [2.75, 3.05) is 7.05 Å². The molecule has 0 bridgehead atoms. The highest BCUT2D eigenvalue weighted by atomic mass is 16.2. The van der Waals surface area contributed by atoms with E-state index in [1.807, 2.05) is 24.5 Å². The Morgan fingerprint density at radius 1 is 1.12 bits per heavy atom. The summed E-state index contributed by atoms with van der Waals surface area (Å²) < 4.78 is 0. The zero-order valence-corrected chi connectivity index (χ0v) is 19.6. The molecule has 6 heteroatoms. The fourth-order valence-electron chi connectivity index (χ4n) is 6.00. The Hall–Kier alpha value is -2.24. The summed E-state index contributed by atoms with van der Waals surface area (Å²) in [6, 6.07) is 4.03. The number of amides is 1. The van der Waals surface area contributed by atoms with E-state index < -0.39 is 5.54 Å². The molecule has 0 radical (unpaired) electrons. The standard InChI is InChI=1S/C26H39N5O/c1-31-24(32)26(30-25(31)27,13-10-20-6-3-2-4-7-20)17-22-8-5-9-23(16-22)19-29-18-21-11-14-28-15-12-21/h11-12,14-15,19-20,22-23H,2-10,13,16-18H2,1H3,(H2,27,30)/t22-,23?,26+/m0/s1. The lowest BCUT2D eigenvalue weighted by Crippen LogP contribution is -2.44. The third kappa shape index (κ3) is 5.57. The minimum absolute atomic E-state index is 0.110. The SMILES string of the molecule is CN1C(=O)[C@@](CCC2CCCCC2)(C[C@H]2CCCC(C=NCc3ccncc3)C2)N=C1N. The number of pyridine rings is 1. The Bertz CT molecular complexity index is 817. The van der Waals surface area contributed by atoms with Crippen molar-refractivity contribution in [2.45, 2.75) is 89.1 Å². The van der Waals surface area contributed by atoms with Crippen LogP contribution in [-0.2, 0) is 11.3 Å². The van der Waals surface area contributed by atoms with E-state index in [1.54, 1.807) is 11.9 Å². The molecule has 6 nitrogen and oxygen atoms in total. The lowest BCUT2D eigenvalue weighted by Gasteiger charge is -2.34. The first-order chi connectivity index (χ1) is 15.6. The van der Waals surface area contributed by atoms with Crippen LogP contribution in [0.3, 0.4) is 0 Å². The second kappa shape index (κ2) is 10.6. The number of carbonyl (C=O) groups is 1. The zero-order chi connectivity index (χ0) is 22.4. The molecule has 1 amide bonds. The molecular weight excluding hydrogens is 398 g/mol. The third-order valence-electron chi connectivity index (χ3n) is 7.86. The van der Waals surface area contributed by atoms with Crippen molar-refractivity contribution < 1.29 is 4.79 Å². The van der Waals surface area contributed by atoms with Gasteiger partial charge in [0.25, 0.3) is 5.91 Å². The Labute approximate surface area is 192 Å². The highest BCUT2D eigenvalue weighted by molar-refractivity contribution is 6.06. The van der Waals surface area contributed by atoms with Crippen LogP contribution in [0.1, 0.15) is 82.6 Å². The van der Waals surface area contributed by atoms with E-state index in [0.29, 0.717) is 24.3 Å². The smallest absolute Gasteiger partial charge is 0.257 e. The van der Waals surface area contributed by atoms with Crippen molar-refractivity contribution in [3.8, 4) is 0 Å². The van der Waals surface area contributed by atoms with Crippen molar-refractivity contribution >= 4 is 18.1 Å². The van der Waals surface area contributed by atoms with Gasteiger partial charge in [-0.1, -0.05) is 44.9 Å². The van der Waals surface area contributed by atoms with Gasteiger partial charge >= 0.3 is 0 Å². The number of hydrogen-bond donors (Lipinski definition) is 1. The van der Waals surface area contributed by atoms with Gasteiger partial charge in [-0.3, -0.25) is 19.7 Å². The molecule has 2 aliphatic carbocycles. The third-order valence-corrected chi connectivity index (χ3v) is 7.86. The van der Waals surface area contributed by atoms with Crippen LogP contribution >= 0.6 is 0 Å². The van der Waals surface area contributed by atoms with E-state index in [1.165, 1.54) is 56.9 Å². The quantitative estimate of drug-likeness (QED) is 0.597. The molecule has 2 heterocycles. The van der Waals surface area contributed by atoms with Gasteiger partial charge in [-0.15, -0.1) is 0 Å². The second-order valence-corrected chi connectivity index (χ2v) is 10.3. The number of aromatic nitrogens is 1. The van der Waals surface area contributed by atoms with Crippen molar-refractivity contribution in [1.29, 1.82) is 0 Å². The van der Waals surface area contributed by atoms with Crippen LogP contribution in [0.2, 0.25) is 0 Å². The molecule has 2 fully saturated rings. The molecule has 1 aromatic heterocycles. The summed E-state index contributed by atoms with van der Waals surface area (Å²) >= 11 is 0. The maximum absolute atomic E-state index is 13.3. The Kier molecular flexibility index (Phi) is 7.59. The zero-order valence-electron chi connectivity index (χ0n) is 19.6. The molecule has 1 aliphatic heterocycles. The summed E-state index contributed by atoms with van der Waals surface area (Å²) in [7, 11) is 1.78. The number of aliphatic imine (C=N–C) groups is 2. The van der Waals surface area contributed by atoms with Crippen LogP contribution < -0.4 is 5.73 Å². The minimum atomic E-state index is -0.642. The number of carbonyl (C=O) groups excluding carboxylic acids is 1. The second-order valence-electron chi connectivity index (χ2n) is 10.3. The number of likely N-dealkylation sites (N-methyl/N-ethyl adjacent to an activating group) is 1. The summed E-state index contributed by atoms with van der Waals surface area (Å²) in [5.41, 5.74) is 6.68.